The molecule has 1 heterocycles. The maximum Gasteiger partial charge on any atom is 0.131 e. The van der Waals surface area contributed by atoms with Gasteiger partial charge in [-0.15, -0.1) is 11.3 Å². The van der Waals surface area contributed by atoms with Crippen molar-refractivity contribution in [2.75, 3.05) is 7.11 Å². The molecule has 5 heteroatoms. The number of aromatic nitrogens is 1. The minimum absolute atomic E-state index is 0.667. The standard InChI is InChI=1S/C11H10BrNO2S/c1-15-8-4-2-3-7(5-8)10(14)11-13-9(12)6-16-11/h2-6,10,14H,1H3. The van der Waals surface area contributed by atoms with Crippen molar-refractivity contribution in [2.45, 2.75) is 6.10 Å². The smallest absolute Gasteiger partial charge is 0.131 e. The van der Waals surface area contributed by atoms with E-state index in [-0.39, 0.29) is 0 Å². The summed E-state index contributed by atoms with van der Waals surface area (Å²) in [7, 11) is 1.60. The predicted octanol–water partition coefficient (Wildman–Crippen LogP) is 3.00. The molecule has 1 unspecified atom stereocenters. The summed E-state index contributed by atoms with van der Waals surface area (Å²) in [6.45, 7) is 0. The number of nitrogens with zero attached hydrogens (tertiary/aromatic N) is 1. The molecule has 1 N–H and O–H groups in total. The molecule has 0 fully saturated rings. The second-order valence-corrected chi connectivity index (χ2v) is 4.89. The van der Waals surface area contributed by atoms with Gasteiger partial charge in [-0.25, -0.2) is 4.98 Å². The van der Waals surface area contributed by atoms with Crippen molar-refractivity contribution in [2.24, 2.45) is 0 Å². The molecule has 1 aromatic carbocycles. The largest absolute Gasteiger partial charge is 0.497 e. The maximum atomic E-state index is 10.1. The fourth-order valence-corrected chi connectivity index (χ4v) is 2.62. The second kappa shape index (κ2) is 4.95. The average molecular weight is 300 g/mol. The van der Waals surface area contributed by atoms with E-state index in [0.717, 1.165) is 15.9 Å². The monoisotopic (exact) mass is 299 g/mol. The summed E-state index contributed by atoms with van der Waals surface area (Å²) in [6.07, 6.45) is -0.702. The van der Waals surface area contributed by atoms with Crippen LogP contribution >= 0.6 is 27.3 Å². The van der Waals surface area contributed by atoms with Gasteiger partial charge < -0.3 is 9.84 Å². The van der Waals surface area contributed by atoms with Crippen LogP contribution in [0.3, 0.4) is 0 Å². The Balaban J connectivity index is 2.29. The van der Waals surface area contributed by atoms with E-state index in [1.54, 1.807) is 13.2 Å². The van der Waals surface area contributed by atoms with Gasteiger partial charge in [0.15, 0.2) is 0 Å². The van der Waals surface area contributed by atoms with Crippen LogP contribution in [0.25, 0.3) is 0 Å². The van der Waals surface area contributed by atoms with Crippen LogP contribution in [0.5, 0.6) is 5.75 Å². The average Bonchev–Trinajstić information content (AvgIpc) is 2.75. The normalized spacial score (nSPS) is 12.4. The minimum Gasteiger partial charge on any atom is -0.497 e. The zero-order valence-corrected chi connectivity index (χ0v) is 11.0. The van der Waals surface area contributed by atoms with Gasteiger partial charge in [0.1, 0.15) is 21.5 Å². The number of thiazole rings is 1. The maximum absolute atomic E-state index is 10.1. The molecule has 0 saturated carbocycles. The van der Waals surface area contributed by atoms with Crippen LogP contribution < -0.4 is 4.74 Å². The summed E-state index contributed by atoms with van der Waals surface area (Å²) in [5, 5.41) is 12.6. The van der Waals surface area contributed by atoms with Crippen molar-refractivity contribution >= 4 is 27.3 Å². The first-order chi connectivity index (χ1) is 7.70. The van der Waals surface area contributed by atoms with E-state index < -0.39 is 6.10 Å². The quantitative estimate of drug-likeness (QED) is 0.947. The van der Waals surface area contributed by atoms with Crippen LogP contribution in [0, 0.1) is 0 Å². The Morgan fingerprint density at radius 2 is 2.31 bits per heavy atom. The molecule has 0 aliphatic rings. The molecular formula is C11H10BrNO2S. The molecule has 0 bridgehead atoms. The third-order valence-electron chi connectivity index (χ3n) is 2.14. The van der Waals surface area contributed by atoms with Gasteiger partial charge in [0.25, 0.3) is 0 Å². The van der Waals surface area contributed by atoms with E-state index >= 15 is 0 Å². The third-order valence-corrected chi connectivity index (χ3v) is 3.74. The third kappa shape index (κ3) is 2.42. The molecule has 3 nitrogen and oxygen atoms in total. The van der Waals surface area contributed by atoms with Crippen molar-refractivity contribution in [3.8, 4) is 5.75 Å². The van der Waals surface area contributed by atoms with Crippen molar-refractivity contribution in [3.63, 3.8) is 0 Å². The van der Waals surface area contributed by atoms with Crippen LogP contribution in [0.4, 0.5) is 0 Å². The van der Waals surface area contributed by atoms with E-state index in [9.17, 15) is 5.11 Å². The molecule has 2 rings (SSSR count). The van der Waals surface area contributed by atoms with Gasteiger partial charge in [-0.1, -0.05) is 12.1 Å². The number of methoxy groups -OCH3 is 1. The lowest BCUT2D eigenvalue weighted by Crippen LogP contribution is -1.99. The molecule has 2 aromatic rings. The zero-order chi connectivity index (χ0) is 11.5. The predicted molar refractivity (Wildman–Crippen MR) is 66.9 cm³/mol. The van der Waals surface area contributed by atoms with Crippen LogP contribution in [-0.4, -0.2) is 17.2 Å². The molecule has 1 atom stereocenters. The van der Waals surface area contributed by atoms with Gasteiger partial charge in [0.05, 0.1) is 7.11 Å². The number of aliphatic hydroxyl groups is 1. The molecule has 0 spiro atoms. The van der Waals surface area contributed by atoms with Crippen molar-refractivity contribution in [3.05, 3.63) is 44.8 Å². The molecular weight excluding hydrogens is 290 g/mol. The Bertz CT molecular complexity index is 486. The van der Waals surface area contributed by atoms with Crippen LogP contribution in [0.2, 0.25) is 0 Å². The highest BCUT2D eigenvalue weighted by molar-refractivity contribution is 9.10. The fraction of sp³-hybridized carbons (Fsp3) is 0.182. The van der Waals surface area contributed by atoms with Crippen LogP contribution in [-0.2, 0) is 0 Å². The van der Waals surface area contributed by atoms with Gasteiger partial charge in [0, 0.05) is 5.38 Å². The van der Waals surface area contributed by atoms with E-state index in [0.29, 0.717) is 5.01 Å². The highest BCUT2D eigenvalue weighted by Crippen LogP contribution is 2.28. The van der Waals surface area contributed by atoms with E-state index in [2.05, 4.69) is 20.9 Å². The molecule has 16 heavy (non-hydrogen) atoms. The lowest BCUT2D eigenvalue weighted by Gasteiger charge is -2.09. The number of ether oxygens (including phenoxy) is 1. The van der Waals surface area contributed by atoms with E-state index in [1.807, 2.05) is 23.6 Å². The van der Waals surface area contributed by atoms with Crippen molar-refractivity contribution < 1.29 is 9.84 Å². The molecule has 0 saturated heterocycles. The topological polar surface area (TPSA) is 42.4 Å². The lowest BCUT2D eigenvalue weighted by atomic mass is 10.1. The first-order valence-corrected chi connectivity index (χ1v) is 6.31. The van der Waals surface area contributed by atoms with Crippen molar-refractivity contribution in [1.82, 2.24) is 4.98 Å². The Labute approximate surface area is 106 Å². The van der Waals surface area contributed by atoms with E-state index in [4.69, 9.17) is 4.74 Å². The number of hydrogen-bond acceptors (Lipinski definition) is 4. The number of rotatable bonds is 3. The number of aliphatic hydroxyl groups excluding tert-OH is 1. The molecule has 0 aliphatic heterocycles. The first-order valence-electron chi connectivity index (χ1n) is 4.63. The van der Waals surface area contributed by atoms with Gasteiger partial charge in [-0.2, -0.15) is 0 Å². The first kappa shape index (κ1) is 11.6. The van der Waals surface area contributed by atoms with E-state index in [1.165, 1.54) is 11.3 Å². The highest BCUT2D eigenvalue weighted by atomic mass is 79.9. The minimum atomic E-state index is -0.702. The van der Waals surface area contributed by atoms with Crippen LogP contribution in [0.1, 0.15) is 16.7 Å². The van der Waals surface area contributed by atoms with Crippen molar-refractivity contribution in [1.29, 1.82) is 0 Å². The summed E-state index contributed by atoms with van der Waals surface area (Å²) >= 11 is 4.68. The second-order valence-electron chi connectivity index (χ2n) is 3.19. The number of halogens is 1. The molecule has 0 radical (unpaired) electrons. The van der Waals surface area contributed by atoms with Gasteiger partial charge in [-0.05, 0) is 33.6 Å². The summed E-state index contributed by atoms with van der Waals surface area (Å²) in [6, 6.07) is 7.34. The Morgan fingerprint density at radius 1 is 1.50 bits per heavy atom. The molecule has 0 aliphatic carbocycles. The Morgan fingerprint density at radius 3 is 2.94 bits per heavy atom. The fourth-order valence-electron chi connectivity index (χ4n) is 1.35. The summed E-state index contributed by atoms with van der Waals surface area (Å²) < 4.78 is 5.85. The lowest BCUT2D eigenvalue weighted by molar-refractivity contribution is 0.219. The summed E-state index contributed by atoms with van der Waals surface area (Å²) in [4.78, 5) is 4.19. The Kier molecular flexibility index (Phi) is 3.58. The number of benzene rings is 1. The molecule has 0 amide bonds. The van der Waals surface area contributed by atoms with Gasteiger partial charge in [-0.3, -0.25) is 0 Å². The summed E-state index contributed by atoms with van der Waals surface area (Å²) in [5.74, 6) is 0.729. The van der Waals surface area contributed by atoms with Gasteiger partial charge in [0.2, 0.25) is 0 Å². The number of hydrogen-bond donors (Lipinski definition) is 1. The molecule has 84 valence electrons. The Hall–Kier alpha value is -0.910. The van der Waals surface area contributed by atoms with Gasteiger partial charge >= 0.3 is 0 Å². The SMILES string of the molecule is COc1cccc(C(O)c2nc(Br)cs2)c1. The highest BCUT2D eigenvalue weighted by Gasteiger charge is 2.14. The zero-order valence-electron chi connectivity index (χ0n) is 8.55. The van der Waals surface area contributed by atoms with Crippen LogP contribution in [0.15, 0.2) is 34.2 Å². The molecule has 1 aromatic heterocycles. The summed E-state index contributed by atoms with van der Waals surface area (Å²) in [5.41, 5.74) is 0.779.